The maximum atomic E-state index is 12.1. The highest BCUT2D eigenvalue weighted by Crippen LogP contribution is 2.44. The van der Waals surface area contributed by atoms with Crippen molar-refractivity contribution in [3.8, 4) is 34.3 Å². The van der Waals surface area contributed by atoms with Crippen molar-refractivity contribution in [1.82, 2.24) is 39.4 Å². The molecule has 20 nitrogen and oxygen atoms in total. The van der Waals surface area contributed by atoms with Crippen molar-refractivity contribution in [3.05, 3.63) is 84.7 Å². The zero-order chi connectivity index (χ0) is 73.6. The van der Waals surface area contributed by atoms with Gasteiger partial charge in [-0.25, -0.2) is 9.97 Å². The summed E-state index contributed by atoms with van der Waals surface area (Å²) >= 11 is 41.2. The lowest BCUT2D eigenvalue weighted by atomic mass is 9.77. The predicted molar refractivity (Wildman–Crippen MR) is 418 cm³/mol. The normalized spacial score (nSPS) is 19.2. The van der Waals surface area contributed by atoms with Gasteiger partial charge in [-0.1, -0.05) is 182 Å². The number of fused-ring (bicyclic) bond motifs is 2. The van der Waals surface area contributed by atoms with Gasteiger partial charge in [0.1, 0.15) is 27.8 Å². The third kappa shape index (κ3) is 23.1. The minimum atomic E-state index is -0.435. The second-order valence-electron chi connectivity index (χ2n) is 31.6. The summed E-state index contributed by atoms with van der Waals surface area (Å²) in [6.45, 7) is 38.8. The summed E-state index contributed by atoms with van der Waals surface area (Å²) in [5.41, 5.74) is 26.7. The summed E-state index contributed by atoms with van der Waals surface area (Å²) in [6, 6.07) is 18.6. The molecule has 0 aliphatic carbocycles. The van der Waals surface area contributed by atoms with E-state index in [-0.39, 0.29) is 44.2 Å². The Bertz CT molecular complexity index is 4100. The molecular formula is C70H99Cl6N17O3S3. The quantitative estimate of drug-likeness (QED) is 0.0711. The number of aromatic nitrogens is 8. The molecule has 5 aromatic heterocycles. The van der Waals surface area contributed by atoms with E-state index >= 15 is 0 Å². The Hall–Kier alpha value is -5.36. The second-order valence-corrected chi connectivity index (χ2v) is 36.8. The van der Waals surface area contributed by atoms with Crippen LogP contribution in [0, 0.1) is 33.0 Å². The summed E-state index contributed by atoms with van der Waals surface area (Å²) in [4.78, 5) is 29.9. The van der Waals surface area contributed by atoms with Crippen molar-refractivity contribution in [2.45, 2.75) is 191 Å². The smallest absolute Gasteiger partial charge is 0.306 e. The standard InChI is InChI=1S/C24H34Cl2N6S.C16H18Cl2N6S.C14H24N4O2S.C9H17N.C7H6Cl2O/c1-22(2,3)13-23(4,5)29-19-18(15-9-7-10-16(25)17(15)26)28-20-32(19)30-21(33-20)31-12-8-11-24(6,27)14-31;1-16(20)6-3-7-23(8-16)15-22-24-13(19)12(21-14(24)25-15)9-4-2-5-10(17)11(9)18;1-13(2,3)20-10(19)8-14(4)6-5-7-18(9-14)12-17-16-11(15)21-12;1-8(2,3)6-9(4,5)7-10;1-10-6-4-2-3-5(8)7(6)9/h7,9-10,29H,8,11-14,27H2,1-6H3;2,4-5H,3,6-8,19-20H2,1H3;5-9H2,1-4H3,(H2,15,16);6H2,1-5H3;2-4H,1H3. The Morgan fingerprint density at radius 3 is 1.53 bits per heavy atom. The lowest BCUT2D eigenvalue weighted by Crippen LogP contribution is -2.52. The maximum absolute atomic E-state index is 12.1. The van der Waals surface area contributed by atoms with Crippen LogP contribution in [0.25, 0.3) is 32.4 Å². The molecular weight excluding hydrogens is 1440 g/mol. The number of nitrogens with two attached hydrogens (primary N) is 4. The molecule has 0 saturated carbocycles. The number of ether oxygens (including phenoxy) is 2. The fourth-order valence-electron chi connectivity index (χ4n) is 12.9. The summed E-state index contributed by atoms with van der Waals surface area (Å²) in [5.74, 6) is 1.76. The molecule has 8 aromatic rings. The molecule has 3 aliphatic heterocycles. The molecule has 3 fully saturated rings. The first kappa shape index (κ1) is 80.9. The van der Waals surface area contributed by atoms with Crippen LogP contribution in [0.15, 0.2) is 54.6 Å². The van der Waals surface area contributed by atoms with Gasteiger partial charge in [-0.2, -0.15) is 14.3 Å². The minimum absolute atomic E-state index is 0.0962. The summed E-state index contributed by atoms with van der Waals surface area (Å²) in [7, 11) is 1.55. The molecule has 0 radical (unpaired) electrons. The third-order valence-electron chi connectivity index (χ3n) is 16.1. The van der Waals surface area contributed by atoms with Crippen LogP contribution in [0.4, 0.5) is 32.2 Å². The van der Waals surface area contributed by atoms with Crippen LogP contribution in [0.3, 0.4) is 0 Å². The molecule has 3 aromatic carbocycles. The zero-order valence-electron chi connectivity index (χ0n) is 60.2. The van der Waals surface area contributed by atoms with Gasteiger partial charge in [0.05, 0.1) is 50.1 Å². The van der Waals surface area contributed by atoms with Gasteiger partial charge in [-0.15, -0.1) is 20.4 Å². The molecule has 3 unspecified atom stereocenters. The first-order chi connectivity index (χ1) is 45.8. The number of benzene rings is 3. The Morgan fingerprint density at radius 1 is 0.616 bits per heavy atom. The molecule has 99 heavy (non-hydrogen) atoms. The molecule has 0 bridgehead atoms. The maximum Gasteiger partial charge on any atom is 0.306 e. The Morgan fingerprint density at radius 2 is 1.08 bits per heavy atom. The number of halogens is 6. The lowest BCUT2D eigenvalue weighted by molar-refractivity contribution is -0.157. The number of piperidine rings is 3. The molecule has 29 heteroatoms. The van der Waals surface area contributed by atoms with E-state index < -0.39 is 5.60 Å². The number of imidazole rings is 2. The fraction of sp³-hybridized carbons (Fsp3) is 0.571. The number of methoxy groups -OCH3 is 1. The van der Waals surface area contributed by atoms with E-state index in [1.165, 1.54) is 22.7 Å². The van der Waals surface area contributed by atoms with Crippen molar-refractivity contribution in [3.63, 3.8) is 0 Å². The third-order valence-corrected chi connectivity index (χ3v) is 21.3. The van der Waals surface area contributed by atoms with Gasteiger partial charge in [-0.05, 0) is 154 Å². The van der Waals surface area contributed by atoms with Crippen molar-refractivity contribution in [2.24, 2.45) is 33.1 Å². The monoisotopic (exact) mass is 1530 g/mol. The average Bonchev–Trinajstić information content (AvgIpc) is 1.61. The van der Waals surface area contributed by atoms with Crippen molar-refractivity contribution in [1.29, 1.82) is 5.26 Å². The fourth-order valence-corrected chi connectivity index (χ4v) is 16.5. The topological polar surface area (TPSA) is 271 Å². The molecule has 9 N–H and O–H groups in total. The first-order valence-electron chi connectivity index (χ1n) is 33.0. The van der Waals surface area contributed by atoms with Crippen LogP contribution in [0.5, 0.6) is 5.75 Å². The van der Waals surface area contributed by atoms with Crippen LogP contribution in [0.2, 0.25) is 30.1 Å². The molecule has 11 rings (SSSR count). The number of anilines is 6. The summed E-state index contributed by atoms with van der Waals surface area (Å²) in [5, 5.41) is 36.1. The second kappa shape index (κ2) is 32.5. The van der Waals surface area contributed by atoms with Gasteiger partial charge in [-0.3, -0.25) is 4.79 Å². The number of rotatable bonds is 12. The Balaban J connectivity index is 0.000000186. The number of carbonyl (C=O) groups is 1. The molecule has 3 aliphatic rings. The number of nitrogens with zero attached hydrogens (tertiary/aromatic N) is 12. The van der Waals surface area contributed by atoms with Gasteiger partial charge in [0.25, 0.3) is 0 Å². The van der Waals surface area contributed by atoms with Crippen molar-refractivity contribution >= 4 is 152 Å². The van der Waals surface area contributed by atoms with Crippen LogP contribution in [0.1, 0.15) is 169 Å². The van der Waals surface area contributed by atoms with Crippen molar-refractivity contribution in [2.75, 3.05) is 77.9 Å². The van der Waals surface area contributed by atoms with E-state index in [0.717, 1.165) is 133 Å². The van der Waals surface area contributed by atoms with Gasteiger partial charge >= 0.3 is 5.97 Å². The van der Waals surface area contributed by atoms with E-state index in [1.807, 2.05) is 63.4 Å². The van der Waals surface area contributed by atoms with Crippen molar-refractivity contribution < 1.29 is 14.3 Å². The molecule has 3 atom stereocenters. The summed E-state index contributed by atoms with van der Waals surface area (Å²) in [6.07, 6.45) is 8.53. The van der Waals surface area contributed by atoms with Gasteiger partial charge in [0.2, 0.25) is 30.4 Å². The Labute approximate surface area is 626 Å². The van der Waals surface area contributed by atoms with E-state index in [2.05, 4.69) is 123 Å². The molecule has 3 saturated heterocycles. The highest BCUT2D eigenvalue weighted by molar-refractivity contribution is 7.20. The molecule has 8 heterocycles. The number of hydrogen-bond acceptors (Lipinski definition) is 21. The number of nitrogen functional groups attached to an aromatic ring is 2. The summed E-state index contributed by atoms with van der Waals surface area (Å²) < 4.78 is 13.9. The SMILES string of the molecule is CC(C)(C)CC(C)(C)C#N.CC(C)(C)CC(C)(C)Nc1c(-c2cccc(Cl)c2Cl)nc2sc(N3CCCC(C)(N)C3)nn12.CC1(CC(=O)OC(C)(C)C)CCCN(c2nnc(N)s2)C1.CC1(N)CCCN(c2nn3c(N)c(-c4cccc(Cl)c4Cl)nc3s2)C1.COc1cccc(Cl)c1Cl. The highest BCUT2D eigenvalue weighted by atomic mass is 35.5. The van der Waals surface area contributed by atoms with Crippen LogP contribution < -0.4 is 47.7 Å². The van der Waals surface area contributed by atoms with Crippen LogP contribution in [-0.2, 0) is 9.53 Å². The largest absolute Gasteiger partial charge is 0.495 e. The van der Waals surface area contributed by atoms with Crippen LogP contribution in [-0.4, -0.2) is 114 Å². The van der Waals surface area contributed by atoms with E-state index in [9.17, 15) is 4.79 Å². The zero-order valence-corrected chi connectivity index (χ0v) is 67.2. The average molecular weight is 1540 g/mol. The number of carbonyl (C=O) groups excluding carboxylic acids is 1. The molecule has 0 spiro atoms. The van der Waals surface area contributed by atoms with E-state index in [0.29, 0.717) is 64.5 Å². The van der Waals surface area contributed by atoms with E-state index in [4.69, 9.17) is 117 Å². The minimum Gasteiger partial charge on any atom is -0.495 e. The number of hydrogen-bond donors (Lipinski definition) is 5. The highest BCUT2D eigenvalue weighted by Gasteiger charge is 2.37. The molecule has 0 amide bonds. The van der Waals surface area contributed by atoms with Gasteiger partial charge < -0.3 is 52.4 Å². The van der Waals surface area contributed by atoms with Gasteiger partial charge in [0.15, 0.2) is 11.6 Å². The van der Waals surface area contributed by atoms with E-state index in [1.54, 1.807) is 53.3 Å². The number of nitrogens with one attached hydrogen (secondary N) is 1. The lowest BCUT2D eigenvalue weighted by Gasteiger charge is -2.40. The first-order valence-corrected chi connectivity index (χ1v) is 37.8. The Kier molecular flexibility index (Phi) is 26.6. The van der Waals surface area contributed by atoms with Crippen LogP contribution >= 0.6 is 104 Å². The molecule has 542 valence electrons. The number of nitriles is 1. The predicted octanol–water partition coefficient (Wildman–Crippen LogP) is 18.8. The number of esters is 1. The van der Waals surface area contributed by atoms with Gasteiger partial charge in [0, 0.05) is 67.0 Å².